The molecule has 1 aliphatic rings. The van der Waals surface area contributed by atoms with Crippen LogP contribution in [0.15, 0.2) is 12.3 Å². The Bertz CT molecular complexity index is 368. The van der Waals surface area contributed by atoms with Gasteiger partial charge in [0.15, 0.2) is 0 Å². The average molecular weight is 236 g/mol. The molecule has 1 aromatic heterocycles. The lowest BCUT2D eigenvalue weighted by molar-refractivity contribution is -0.120. The molecule has 1 aromatic rings. The van der Waals surface area contributed by atoms with Crippen LogP contribution in [0.25, 0.3) is 0 Å². The van der Waals surface area contributed by atoms with Gasteiger partial charge in [0.25, 0.3) is 0 Å². The van der Waals surface area contributed by atoms with Crippen molar-refractivity contribution in [1.29, 1.82) is 0 Å². The number of nitrogens with zero attached hydrogens (tertiary/aromatic N) is 2. The summed E-state index contributed by atoms with van der Waals surface area (Å²) in [5.74, 6) is 0.800. The first kappa shape index (κ1) is 12.0. The van der Waals surface area contributed by atoms with E-state index in [1.165, 1.54) is 19.3 Å². The smallest absolute Gasteiger partial charge is 0.239 e. The Morgan fingerprint density at radius 1 is 1.47 bits per heavy atom. The van der Waals surface area contributed by atoms with E-state index in [0.29, 0.717) is 12.6 Å². The maximum atomic E-state index is 11.7. The number of amides is 1. The second-order valence-corrected chi connectivity index (χ2v) is 4.63. The molecule has 1 amide bonds. The maximum Gasteiger partial charge on any atom is 0.239 e. The van der Waals surface area contributed by atoms with Crippen molar-refractivity contribution in [2.24, 2.45) is 7.05 Å². The standard InChI is InChI=1S/C12H20N4O/c1-16-8-7-11(15-16)13-9-12(17)14-10-5-3-2-4-6-10/h7-8,10H,2-6,9H2,1H3,(H,13,15)(H,14,17). The van der Waals surface area contributed by atoms with E-state index in [2.05, 4.69) is 15.7 Å². The number of rotatable bonds is 4. The van der Waals surface area contributed by atoms with Gasteiger partial charge in [-0.2, -0.15) is 5.10 Å². The predicted octanol–water partition coefficient (Wildman–Crippen LogP) is 1.28. The Kier molecular flexibility index (Phi) is 4.01. The molecule has 0 aromatic carbocycles. The monoisotopic (exact) mass is 236 g/mol. The molecule has 1 fully saturated rings. The molecule has 0 bridgehead atoms. The minimum Gasteiger partial charge on any atom is -0.360 e. The number of carbonyl (C=O) groups excluding carboxylic acids is 1. The third-order valence-corrected chi connectivity index (χ3v) is 3.11. The van der Waals surface area contributed by atoms with Crippen LogP contribution in [-0.2, 0) is 11.8 Å². The van der Waals surface area contributed by atoms with Crippen LogP contribution >= 0.6 is 0 Å². The van der Waals surface area contributed by atoms with Gasteiger partial charge in [0.1, 0.15) is 5.82 Å². The summed E-state index contributed by atoms with van der Waals surface area (Å²) < 4.78 is 1.71. The average Bonchev–Trinajstić information content (AvgIpc) is 2.74. The molecule has 1 saturated carbocycles. The van der Waals surface area contributed by atoms with Gasteiger partial charge < -0.3 is 10.6 Å². The van der Waals surface area contributed by atoms with Gasteiger partial charge in [-0.1, -0.05) is 19.3 Å². The third kappa shape index (κ3) is 3.76. The molecular formula is C12H20N4O. The highest BCUT2D eigenvalue weighted by Gasteiger charge is 2.15. The molecule has 17 heavy (non-hydrogen) atoms. The first-order valence-corrected chi connectivity index (χ1v) is 6.27. The first-order valence-electron chi connectivity index (χ1n) is 6.27. The Hall–Kier alpha value is -1.52. The fourth-order valence-electron chi connectivity index (χ4n) is 2.21. The van der Waals surface area contributed by atoms with Crippen LogP contribution in [0.2, 0.25) is 0 Å². The molecule has 94 valence electrons. The second kappa shape index (κ2) is 5.70. The zero-order valence-electron chi connectivity index (χ0n) is 10.3. The van der Waals surface area contributed by atoms with E-state index >= 15 is 0 Å². The molecule has 5 nitrogen and oxygen atoms in total. The van der Waals surface area contributed by atoms with Gasteiger partial charge >= 0.3 is 0 Å². The number of nitrogens with one attached hydrogen (secondary N) is 2. The van der Waals surface area contributed by atoms with E-state index in [1.807, 2.05) is 19.3 Å². The third-order valence-electron chi connectivity index (χ3n) is 3.11. The van der Waals surface area contributed by atoms with Gasteiger partial charge in [-0.25, -0.2) is 0 Å². The van der Waals surface area contributed by atoms with Crippen LogP contribution in [0, 0.1) is 0 Å². The van der Waals surface area contributed by atoms with Crippen molar-refractivity contribution in [3.05, 3.63) is 12.3 Å². The molecule has 0 saturated heterocycles. The Morgan fingerprint density at radius 3 is 2.88 bits per heavy atom. The van der Waals surface area contributed by atoms with Crippen molar-refractivity contribution >= 4 is 11.7 Å². The Balaban J connectivity index is 1.70. The van der Waals surface area contributed by atoms with Crippen molar-refractivity contribution in [1.82, 2.24) is 15.1 Å². The van der Waals surface area contributed by atoms with Crippen LogP contribution in [0.5, 0.6) is 0 Å². The van der Waals surface area contributed by atoms with E-state index in [1.54, 1.807) is 4.68 Å². The SMILES string of the molecule is Cn1ccc(NCC(=O)NC2CCCCC2)n1. The van der Waals surface area contributed by atoms with Gasteiger partial charge in [0.05, 0.1) is 6.54 Å². The number of aromatic nitrogens is 2. The van der Waals surface area contributed by atoms with Crippen molar-refractivity contribution in [2.75, 3.05) is 11.9 Å². The molecule has 0 unspecified atom stereocenters. The summed E-state index contributed by atoms with van der Waals surface area (Å²) in [6, 6.07) is 2.23. The van der Waals surface area contributed by atoms with Crippen molar-refractivity contribution in [2.45, 2.75) is 38.1 Å². The quantitative estimate of drug-likeness (QED) is 0.828. The number of aryl methyl sites for hydroxylation is 1. The highest BCUT2D eigenvalue weighted by molar-refractivity contribution is 5.80. The van der Waals surface area contributed by atoms with Gasteiger partial charge in [0.2, 0.25) is 5.91 Å². The predicted molar refractivity (Wildman–Crippen MR) is 66.7 cm³/mol. The van der Waals surface area contributed by atoms with Gasteiger partial charge in [-0.15, -0.1) is 0 Å². The minimum absolute atomic E-state index is 0.0579. The summed E-state index contributed by atoms with van der Waals surface area (Å²) in [5.41, 5.74) is 0. The highest BCUT2D eigenvalue weighted by atomic mass is 16.2. The molecule has 0 spiro atoms. The summed E-state index contributed by atoms with van der Waals surface area (Å²) in [4.78, 5) is 11.7. The van der Waals surface area contributed by atoms with Crippen LogP contribution in [-0.4, -0.2) is 28.3 Å². The number of anilines is 1. The zero-order chi connectivity index (χ0) is 12.1. The van der Waals surface area contributed by atoms with Crippen LogP contribution in [0.1, 0.15) is 32.1 Å². The number of carbonyl (C=O) groups is 1. The molecule has 0 atom stereocenters. The molecule has 0 radical (unpaired) electrons. The Morgan fingerprint density at radius 2 is 2.24 bits per heavy atom. The number of hydrogen-bond donors (Lipinski definition) is 2. The summed E-state index contributed by atoms with van der Waals surface area (Å²) >= 11 is 0. The normalized spacial score (nSPS) is 16.8. The number of hydrogen-bond acceptors (Lipinski definition) is 3. The molecule has 0 aliphatic heterocycles. The largest absolute Gasteiger partial charge is 0.360 e. The van der Waals surface area contributed by atoms with E-state index in [-0.39, 0.29) is 5.91 Å². The first-order chi connectivity index (χ1) is 8.24. The maximum absolute atomic E-state index is 11.7. The summed E-state index contributed by atoms with van der Waals surface area (Å²) in [6.45, 7) is 0.299. The summed E-state index contributed by atoms with van der Waals surface area (Å²) in [7, 11) is 1.85. The molecule has 2 rings (SSSR count). The van der Waals surface area contributed by atoms with E-state index < -0.39 is 0 Å². The lowest BCUT2D eigenvalue weighted by Crippen LogP contribution is -2.39. The van der Waals surface area contributed by atoms with Crippen LogP contribution in [0.4, 0.5) is 5.82 Å². The van der Waals surface area contributed by atoms with Gasteiger partial charge in [-0.05, 0) is 12.8 Å². The minimum atomic E-state index is 0.0579. The van der Waals surface area contributed by atoms with E-state index in [4.69, 9.17) is 0 Å². The molecule has 5 heteroatoms. The lowest BCUT2D eigenvalue weighted by Gasteiger charge is -2.22. The van der Waals surface area contributed by atoms with E-state index in [9.17, 15) is 4.79 Å². The topological polar surface area (TPSA) is 59.0 Å². The summed E-state index contributed by atoms with van der Waals surface area (Å²) in [6.07, 6.45) is 7.86. The highest BCUT2D eigenvalue weighted by Crippen LogP contribution is 2.17. The van der Waals surface area contributed by atoms with Crippen LogP contribution in [0.3, 0.4) is 0 Å². The second-order valence-electron chi connectivity index (χ2n) is 4.63. The van der Waals surface area contributed by atoms with Crippen LogP contribution < -0.4 is 10.6 Å². The molecular weight excluding hydrogens is 216 g/mol. The van der Waals surface area contributed by atoms with Gasteiger partial charge in [0, 0.05) is 25.4 Å². The van der Waals surface area contributed by atoms with Crippen molar-refractivity contribution < 1.29 is 4.79 Å². The molecule has 1 aliphatic carbocycles. The zero-order valence-corrected chi connectivity index (χ0v) is 10.3. The summed E-state index contributed by atoms with van der Waals surface area (Å²) in [5, 5.41) is 10.2. The fourth-order valence-corrected chi connectivity index (χ4v) is 2.21. The Labute approximate surface area is 102 Å². The molecule has 1 heterocycles. The van der Waals surface area contributed by atoms with Crippen molar-refractivity contribution in [3.8, 4) is 0 Å². The fraction of sp³-hybridized carbons (Fsp3) is 0.667. The van der Waals surface area contributed by atoms with E-state index in [0.717, 1.165) is 18.7 Å². The lowest BCUT2D eigenvalue weighted by atomic mass is 9.95. The van der Waals surface area contributed by atoms with Gasteiger partial charge in [-0.3, -0.25) is 9.48 Å². The van der Waals surface area contributed by atoms with Crippen molar-refractivity contribution in [3.63, 3.8) is 0 Å². The molecule has 2 N–H and O–H groups in total.